The number of hydrogen-bond donors (Lipinski definition) is 0. The second-order valence-electron chi connectivity index (χ2n) is 4.74. The van der Waals surface area contributed by atoms with Gasteiger partial charge in [0.25, 0.3) is 0 Å². The number of aryl methyl sites for hydroxylation is 2. The zero-order valence-corrected chi connectivity index (χ0v) is 11.9. The van der Waals surface area contributed by atoms with E-state index in [1.807, 2.05) is 4.90 Å². The van der Waals surface area contributed by atoms with Gasteiger partial charge in [-0.3, -0.25) is 4.79 Å². The molecule has 0 spiro atoms. The Morgan fingerprint density at radius 1 is 1.28 bits per heavy atom. The summed E-state index contributed by atoms with van der Waals surface area (Å²) >= 11 is 0. The molecule has 18 heavy (non-hydrogen) atoms. The van der Waals surface area contributed by atoms with Gasteiger partial charge in [-0.1, -0.05) is 13.0 Å². The van der Waals surface area contributed by atoms with Gasteiger partial charge in [0.05, 0.1) is 0 Å². The van der Waals surface area contributed by atoms with Gasteiger partial charge in [-0.25, -0.2) is 0 Å². The van der Waals surface area contributed by atoms with Crippen molar-refractivity contribution in [2.75, 3.05) is 11.4 Å². The lowest BCUT2D eigenvalue weighted by Crippen LogP contribution is -2.31. The Kier molecular flexibility index (Phi) is 5.14. The molecule has 0 saturated carbocycles. The van der Waals surface area contributed by atoms with E-state index in [0.717, 1.165) is 18.7 Å². The Balaban J connectivity index is 3.13. The quantitative estimate of drug-likeness (QED) is 0.720. The molecule has 0 unspecified atom stereocenters. The normalized spacial score (nSPS) is 10.2. The lowest BCUT2D eigenvalue weighted by atomic mass is 10.0. The largest absolute Gasteiger partial charge is 0.312 e. The summed E-state index contributed by atoms with van der Waals surface area (Å²) in [4.78, 5) is 14.0. The fourth-order valence-electron chi connectivity index (χ4n) is 2.02. The average Bonchev–Trinajstić information content (AvgIpc) is 2.32. The number of anilines is 1. The van der Waals surface area contributed by atoms with Gasteiger partial charge in [-0.15, -0.1) is 6.58 Å². The Bertz CT molecular complexity index is 425. The molecule has 0 heterocycles. The second-order valence-corrected chi connectivity index (χ2v) is 4.74. The summed E-state index contributed by atoms with van der Waals surface area (Å²) in [5.41, 5.74) is 4.77. The monoisotopic (exact) mass is 245 g/mol. The van der Waals surface area contributed by atoms with Gasteiger partial charge < -0.3 is 4.90 Å². The average molecular weight is 245 g/mol. The zero-order valence-electron chi connectivity index (χ0n) is 11.9. The third-order valence-electron chi connectivity index (χ3n) is 3.29. The van der Waals surface area contributed by atoms with Crippen molar-refractivity contribution >= 4 is 11.6 Å². The SMILES string of the molecule is C=CCC(=O)N(CCC)c1cc(C)c(C)c(C)c1. The fraction of sp³-hybridized carbons (Fsp3) is 0.438. The molecule has 0 aliphatic carbocycles. The topological polar surface area (TPSA) is 20.3 Å². The standard InChI is InChI=1S/C16H23NO/c1-6-8-16(18)17(9-7-2)15-10-12(3)14(5)13(4)11-15/h6,10-11H,1,7-9H2,2-5H3. The van der Waals surface area contributed by atoms with Gasteiger partial charge >= 0.3 is 0 Å². The maximum atomic E-state index is 12.1. The molecule has 0 aromatic heterocycles. The van der Waals surface area contributed by atoms with Crippen LogP contribution in [0.2, 0.25) is 0 Å². The van der Waals surface area contributed by atoms with Gasteiger partial charge in [0.15, 0.2) is 0 Å². The summed E-state index contributed by atoms with van der Waals surface area (Å²) in [5, 5.41) is 0. The van der Waals surface area contributed by atoms with Crippen molar-refractivity contribution in [3.63, 3.8) is 0 Å². The van der Waals surface area contributed by atoms with Crippen LogP contribution in [0.5, 0.6) is 0 Å². The molecule has 98 valence electrons. The fourth-order valence-corrected chi connectivity index (χ4v) is 2.02. The van der Waals surface area contributed by atoms with E-state index in [9.17, 15) is 4.79 Å². The van der Waals surface area contributed by atoms with Crippen LogP contribution in [0, 0.1) is 20.8 Å². The summed E-state index contributed by atoms with van der Waals surface area (Å²) < 4.78 is 0. The highest BCUT2D eigenvalue weighted by molar-refractivity contribution is 5.94. The van der Waals surface area contributed by atoms with E-state index in [1.54, 1.807) is 6.08 Å². The van der Waals surface area contributed by atoms with Crippen molar-refractivity contribution in [1.29, 1.82) is 0 Å². The van der Waals surface area contributed by atoms with Crippen molar-refractivity contribution in [3.05, 3.63) is 41.5 Å². The number of amides is 1. The van der Waals surface area contributed by atoms with Gasteiger partial charge in [0, 0.05) is 18.7 Å². The maximum Gasteiger partial charge on any atom is 0.230 e. The first-order chi connectivity index (χ1) is 8.51. The Labute approximate surface area is 110 Å². The van der Waals surface area contributed by atoms with E-state index in [2.05, 4.69) is 46.4 Å². The zero-order chi connectivity index (χ0) is 13.7. The molecule has 1 aromatic rings. The van der Waals surface area contributed by atoms with Crippen LogP contribution in [0.3, 0.4) is 0 Å². The number of carbonyl (C=O) groups is 1. The third kappa shape index (κ3) is 3.22. The Morgan fingerprint density at radius 3 is 2.28 bits per heavy atom. The predicted octanol–water partition coefficient (Wildman–Crippen LogP) is 3.93. The lowest BCUT2D eigenvalue weighted by molar-refractivity contribution is -0.117. The molecule has 0 atom stereocenters. The first kappa shape index (κ1) is 14.5. The first-order valence-corrected chi connectivity index (χ1v) is 6.50. The van der Waals surface area contributed by atoms with E-state index in [4.69, 9.17) is 0 Å². The Morgan fingerprint density at radius 2 is 1.83 bits per heavy atom. The summed E-state index contributed by atoms with van der Waals surface area (Å²) in [6.45, 7) is 12.8. The van der Waals surface area contributed by atoms with E-state index in [1.165, 1.54) is 16.7 Å². The smallest absolute Gasteiger partial charge is 0.230 e. The van der Waals surface area contributed by atoms with Crippen LogP contribution < -0.4 is 4.90 Å². The molecule has 0 aliphatic rings. The van der Waals surface area contributed by atoms with E-state index >= 15 is 0 Å². The van der Waals surface area contributed by atoms with Crippen LogP contribution >= 0.6 is 0 Å². The number of rotatable bonds is 5. The molecule has 0 fully saturated rings. The number of nitrogens with zero attached hydrogens (tertiary/aromatic N) is 1. The maximum absolute atomic E-state index is 12.1. The van der Waals surface area contributed by atoms with Crippen molar-refractivity contribution in [2.45, 2.75) is 40.5 Å². The minimum atomic E-state index is 0.120. The number of hydrogen-bond acceptors (Lipinski definition) is 1. The summed E-state index contributed by atoms with van der Waals surface area (Å²) in [5.74, 6) is 0.120. The molecule has 1 rings (SSSR count). The lowest BCUT2D eigenvalue weighted by Gasteiger charge is -2.23. The summed E-state index contributed by atoms with van der Waals surface area (Å²) in [7, 11) is 0. The van der Waals surface area contributed by atoms with E-state index in [-0.39, 0.29) is 5.91 Å². The second kappa shape index (κ2) is 6.39. The number of carbonyl (C=O) groups excluding carboxylic acids is 1. The number of benzene rings is 1. The summed E-state index contributed by atoms with van der Waals surface area (Å²) in [6, 6.07) is 4.19. The van der Waals surface area contributed by atoms with Gasteiger partial charge in [-0.05, 0) is 56.0 Å². The van der Waals surface area contributed by atoms with Crippen LogP contribution in [0.4, 0.5) is 5.69 Å². The van der Waals surface area contributed by atoms with Crippen LogP contribution in [-0.2, 0) is 4.79 Å². The molecule has 0 saturated heterocycles. The molecule has 0 radical (unpaired) electrons. The minimum absolute atomic E-state index is 0.120. The third-order valence-corrected chi connectivity index (χ3v) is 3.29. The molecule has 0 aliphatic heterocycles. The molecule has 0 N–H and O–H groups in total. The van der Waals surface area contributed by atoms with Crippen molar-refractivity contribution < 1.29 is 4.79 Å². The summed E-state index contributed by atoms with van der Waals surface area (Å²) in [6.07, 6.45) is 3.01. The van der Waals surface area contributed by atoms with Crippen molar-refractivity contribution in [2.24, 2.45) is 0 Å². The van der Waals surface area contributed by atoms with Gasteiger partial charge in [0.1, 0.15) is 0 Å². The van der Waals surface area contributed by atoms with Gasteiger partial charge in [-0.2, -0.15) is 0 Å². The van der Waals surface area contributed by atoms with E-state index in [0.29, 0.717) is 6.42 Å². The first-order valence-electron chi connectivity index (χ1n) is 6.50. The molecule has 1 amide bonds. The van der Waals surface area contributed by atoms with Crippen LogP contribution in [0.1, 0.15) is 36.5 Å². The molecular weight excluding hydrogens is 222 g/mol. The Hall–Kier alpha value is -1.57. The highest BCUT2D eigenvalue weighted by Crippen LogP contribution is 2.23. The highest BCUT2D eigenvalue weighted by atomic mass is 16.2. The van der Waals surface area contributed by atoms with Crippen LogP contribution in [0.25, 0.3) is 0 Å². The predicted molar refractivity (Wildman–Crippen MR) is 78.1 cm³/mol. The van der Waals surface area contributed by atoms with Crippen LogP contribution in [-0.4, -0.2) is 12.5 Å². The molecule has 2 heteroatoms. The molecule has 1 aromatic carbocycles. The molecular formula is C16H23NO. The highest BCUT2D eigenvalue weighted by Gasteiger charge is 2.14. The van der Waals surface area contributed by atoms with Crippen molar-refractivity contribution in [1.82, 2.24) is 0 Å². The van der Waals surface area contributed by atoms with Gasteiger partial charge in [0.2, 0.25) is 5.91 Å². The minimum Gasteiger partial charge on any atom is -0.312 e. The molecule has 0 bridgehead atoms. The van der Waals surface area contributed by atoms with E-state index < -0.39 is 0 Å². The van der Waals surface area contributed by atoms with Crippen LogP contribution in [0.15, 0.2) is 24.8 Å². The van der Waals surface area contributed by atoms with Crippen molar-refractivity contribution in [3.8, 4) is 0 Å². The molecule has 2 nitrogen and oxygen atoms in total.